The minimum absolute atomic E-state index is 0.140. The molecule has 1 atom stereocenters. The predicted octanol–water partition coefficient (Wildman–Crippen LogP) is 1.30. The van der Waals surface area contributed by atoms with Gasteiger partial charge in [-0.05, 0) is 30.5 Å². The van der Waals surface area contributed by atoms with Crippen LogP contribution in [0.4, 0.5) is 0 Å². The third-order valence-electron chi connectivity index (χ3n) is 4.86. The Morgan fingerprint density at radius 1 is 1.17 bits per heavy atom. The van der Waals surface area contributed by atoms with Crippen LogP contribution in [0.3, 0.4) is 0 Å². The Bertz CT molecular complexity index is 558. The number of methoxy groups -OCH3 is 2. The minimum atomic E-state index is -0.930. The lowest BCUT2D eigenvalue weighted by atomic mass is 9.83. The summed E-state index contributed by atoms with van der Waals surface area (Å²) in [6, 6.07) is 5.33. The predicted molar refractivity (Wildman–Crippen MR) is 83.6 cm³/mol. The Kier molecular flexibility index (Phi) is 4.46. The largest absolute Gasteiger partial charge is 0.497 e. The zero-order valence-electron chi connectivity index (χ0n) is 13.6. The highest BCUT2D eigenvalue weighted by molar-refractivity contribution is 5.77. The molecule has 2 heterocycles. The highest BCUT2D eigenvalue weighted by Gasteiger charge is 2.40. The van der Waals surface area contributed by atoms with Gasteiger partial charge in [0.05, 0.1) is 26.4 Å². The van der Waals surface area contributed by atoms with Crippen molar-refractivity contribution >= 4 is 5.97 Å². The van der Waals surface area contributed by atoms with Crippen LogP contribution in [-0.2, 0) is 15.1 Å². The normalized spacial score (nSPS) is 24.3. The molecule has 3 rings (SSSR count). The topological polar surface area (TPSA) is 68.2 Å². The molecule has 2 fully saturated rings. The van der Waals surface area contributed by atoms with E-state index in [1.165, 1.54) is 0 Å². The maximum Gasteiger partial charge on any atom is 0.323 e. The van der Waals surface area contributed by atoms with Crippen LogP contribution in [-0.4, -0.2) is 55.9 Å². The second kappa shape index (κ2) is 6.37. The van der Waals surface area contributed by atoms with E-state index >= 15 is 0 Å². The van der Waals surface area contributed by atoms with Crippen molar-refractivity contribution in [2.24, 2.45) is 0 Å². The van der Waals surface area contributed by atoms with Crippen molar-refractivity contribution in [2.45, 2.75) is 30.9 Å². The third kappa shape index (κ3) is 3.14. The van der Waals surface area contributed by atoms with Gasteiger partial charge >= 0.3 is 5.97 Å². The van der Waals surface area contributed by atoms with E-state index in [2.05, 4.69) is 4.90 Å². The fourth-order valence-corrected chi connectivity index (χ4v) is 3.39. The van der Waals surface area contributed by atoms with Crippen molar-refractivity contribution in [3.8, 4) is 11.5 Å². The van der Waals surface area contributed by atoms with Crippen molar-refractivity contribution in [3.63, 3.8) is 0 Å². The second-order valence-electron chi connectivity index (χ2n) is 6.14. The summed E-state index contributed by atoms with van der Waals surface area (Å²) in [6.07, 6.45) is 1.87. The summed E-state index contributed by atoms with van der Waals surface area (Å²) in [4.78, 5) is 13.8. The molecule has 2 saturated heterocycles. The molecule has 1 unspecified atom stereocenters. The first-order valence-electron chi connectivity index (χ1n) is 7.92. The number of likely N-dealkylation sites (tertiary alicyclic amines) is 1. The van der Waals surface area contributed by atoms with E-state index in [1.807, 2.05) is 12.1 Å². The molecular formula is C17H23NO5. The Labute approximate surface area is 135 Å². The first kappa shape index (κ1) is 16.1. The minimum Gasteiger partial charge on any atom is -0.497 e. The average molecular weight is 321 g/mol. The zero-order valence-corrected chi connectivity index (χ0v) is 13.6. The number of hydrogen-bond acceptors (Lipinski definition) is 6. The van der Waals surface area contributed by atoms with Gasteiger partial charge in [0.1, 0.15) is 17.5 Å². The van der Waals surface area contributed by atoms with Crippen molar-refractivity contribution in [1.29, 1.82) is 0 Å². The maximum atomic E-state index is 11.7. The molecule has 2 aliphatic rings. The molecule has 0 spiro atoms. The molecule has 0 aromatic heterocycles. The number of piperidine rings is 1. The van der Waals surface area contributed by atoms with Crippen LogP contribution < -0.4 is 9.47 Å². The first-order chi connectivity index (χ1) is 11.1. The highest BCUT2D eigenvalue weighted by Crippen LogP contribution is 2.37. The lowest BCUT2D eigenvalue weighted by Crippen LogP contribution is -2.48. The van der Waals surface area contributed by atoms with E-state index in [-0.39, 0.29) is 12.0 Å². The summed E-state index contributed by atoms with van der Waals surface area (Å²) in [7, 11) is 3.19. The SMILES string of the molecule is COc1cc(OC)cc(C2(O)CCN(C3CCOC3=O)CC2)c1. The van der Waals surface area contributed by atoms with Crippen LogP contribution >= 0.6 is 0 Å². The van der Waals surface area contributed by atoms with Gasteiger partial charge in [-0.1, -0.05) is 0 Å². The highest BCUT2D eigenvalue weighted by atomic mass is 16.5. The molecule has 6 nitrogen and oxygen atoms in total. The van der Waals surface area contributed by atoms with E-state index in [9.17, 15) is 9.90 Å². The van der Waals surface area contributed by atoms with Crippen molar-refractivity contribution in [3.05, 3.63) is 23.8 Å². The molecular weight excluding hydrogens is 298 g/mol. The van der Waals surface area contributed by atoms with E-state index in [4.69, 9.17) is 14.2 Å². The monoisotopic (exact) mass is 321 g/mol. The van der Waals surface area contributed by atoms with Gasteiger partial charge in [0, 0.05) is 25.6 Å². The van der Waals surface area contributed by atoms with Gasteiger partial charge < -0.3 is 19.3 Å². The number of carbonyl (C=O) groups is 1. The lowest BCUT2D eigenvalue weighted by Gasteiger charge is -2.40. The second-order valence-corrected chi connectivity index (χ2v) is 6.14. The molecule has 0 amide bonds. The number of aliphatic hydroxyl groups is 1. The molecule has 2 aliphatic heterocycles. The number of carbonyl (C=O) groups excluding carboxylic acids is 1. The number of cyclic esters (lactones) is 1. The van der Waals surface area contributed by atoms with Crippen LogP contribution in [0.25, 0.3) is 0 Å². The van der Waals surface area contributed by atoms with Gasteiger partial charge in [-0.15, -0.1) is 0 Å². The summed E-state index contributed by atoms with van der Waals surface area (Å²) < 4.78 is 15.6. The smallest absolute Gasteiger partial charge is 0.323 e. The molecule has 1 aromatic rings. The Morgan fingerprint density at radius 3 is 2.26 bits per heavy atom. The number of ether oxygens (including phenoxy) is 3. The fourth-order valence-electron chi connectivity index (χ4n) is 3.39. The van der Waals surface area contributed by atoms with Gasteiger partial charge in [0.15, 0.2) is 0 Å². The maximum absolute atomic E-state index is 11.7. The summed E-state index contributed by atoms with van der Waals surface area (Å²) >= 11 is 0. The molecule has 23 heavy (non-hydrogen) atoms. The third-order valence-corrected chi connectivity index (χ3v) is 4.86. The van der Waals surface area contributed by atoms with Crippen molar-refractivity contribution in [1.82, 2.24) is 4.90 Å². The van der Waals surface area contributed by atoms with Gasteiger partial charge in [-0.3, -0.25) is 9.69 Å². The number of benzene rings is 1. The lowest BCUT2D eigenvalue weighted by molar-refractivity contribution is -0.143. The van der Waals surface area contributed by atoms with E-state index < -0.39 is 5.60 Å². The molecule has 1 N–H and O–H groups in total. The molecule has 0 aliphatic carbocycles. The summed E-state index contributed by atoms with van der Waals surface area (Å²) in [5, 5.41) is 11.1. The molecule has 126 valence electrons. The molecule has 0 bridgehead atoms. The van der Waals surface area contributed by atoms with Crippen molar-refractivity contribution in [2.75, 3.05) is 33.9 Å². The van der Waals surface area contributed by atoms with Crippen molar-refractivity contribution < 1.29 is 24.1 Å². The number of esters is 1. The van der Waals surface area contributed by atoms with Crippen LogP contribution in [0.2, 0.25) is 0 Å². The molecule has 1 aromatic carbocycles. The number of rotatable bonds is 4. The van der Waals surface area contributed by atoms with Gasteiger partial charge in [0.25, 0.3) is 0 Å². The van der Waals surface area contributed by atoms with Gasteiger partial charge in [-0.25, -0.2) is 0 Å². The Balaban J connectivity index is 1.75. The first-order valence-corrected chi connectivity index (χ1v) is 7.92. The Morgan fingerprint density at radius 2 is 1.78 bits per heavy atom. The van der Waals surface area contributed by atoms with E-state index in [0.29, 0.717) is 44.0 Å². The van der Waals surface area contributed by atoms with E-state index in [0.717, 1.165) is 12.0 Å². The number of nitrogens with zero attached hydrogens (tertiary/aromatic N) is 1. The summed E-state index contributed by atoms with van der Waals surface area (Å²) in [6.45, 7) is 1.82. The Hall–Kier alpha value is -1.79. The summed E-state index contributed by atoms with van der Waals surface area (Å²) in [5.41, 5.74) is -0.136. The summed E-state index contributed by atoms with van der Waals surface area (Å²) in [5.74, 6) is 1.18. The van der Waals surface area contributed by atoms with Crippen LogP contribution in [0.15, 0.2) is 18.2 Å². The van der Waals surface area contributed by atoms with Gasteiger partial charge in [0.2, 0.25) is 0 Å². The standard InChI is InChI=1S/C17H23NO5/c1-21-13-9-12(10-14(11-13)22-2)17(20)4-6-18(7-5-17)15-3-8-23-16(15)19/h9-11,15,20H,3-8H2,1-2H3. The molecule has 0 saturated carbocycles. The van der Waals surface area contributed by atoms with Crippen LogP contribution in [0, 0.1) is 0 Å². The van der Waals surface area contributed by atoms with Crippen LogP contribution in [0.5, 0.6) is 11.5 Å². The van der Waals surface area contributed by atoms with E-state index in [1.54, 1.807) is 20.3 Å². The quantitative estimate of drug-likeness (QED) is 0.843. The molecule has 6 heteroatoms. The zero-order chi connectivity index (χ0) is 16.4. The average Bonchev–Trinajstić information content (AvgIpc) is 3.01. The molecule has 0 radical (unpaired) electrons. The fraction of sp³-hybridized carbons (Fsp3) is 0.588. The number of hydrogen-bond donors (Lipinski definition) is 1. The van der Waals surface area contributed by atoms with Crippen LogP contribution in [0.1, 0.15) is 24.8 Å². The van der Waals surface area contributed by atoms with Gasteiger partial charge in [-0.2, -0.15) is 0 Å².